The fraction of sp³-hybridized carbons (Fsp3) is 0.600. The van der Waals surface area contributed by atoms with E-state index in [1.54, 1.807) is 0 Å². The molecule has 1 aromatic heterocycles. The summed E-state index contributed by atoms with van der Waals surface area (Å²) in [5.41, 5.74) is 2.32. The van der Waals surface area contributed by atoms with Crippen molar-refractivity contribution < 1.29 is 9.32 Å². The minimum Gasteiger partial charge on any atom is -0.369 e. The van der Waals surface area contributed by atoms with Crippen LogP contribution in [0.4, 0.5) is 5.69 Å². The summed E-state index contributed by atoms with van der Waals surface area (Å²) in [7, 11) is 0. The van der Waals surface area contributed by atoms with Gasteiger partial charge in [0.05, 0.1) is 12.2 Å². The molecular weight excluding hydrogens is 402 g/mol. The van der Waals surface area contributed by atoms with E-state index < -0.39 is 0 Å². The number of hydrogen-bond acceptors (Lipinski definition) is 6. The maximum atomic E-state index is 12.3. The molecule has 32 heavy (non-hydrogen) atoms. The van der Waals surface area contributed by atoms with Gasteiger partial charge in [0.2, 0.25) is 5.91 Å². The van der Waals surface area contributed by atoms with Gasteiger partial charge in [-0.2, -0.15) is 0 Å². The highest BCUT2D eigenvalue weighted by Gasteiger charge is 2.30. The van der Waals surface area contributed by atoms with E-state index in [4.69, 9.17) is 4.52 Å². The van der Waals surface area contributed by atoms with Gasteiger partial charge in [-0.15, -0.1) is 0 Å². The molecule has 2 N–H and O–H groups in total. The van der Waals surface area contributed by atoms with E-state index in [1.165, 1.54) is 5.69 Å². The lowest BCUT2D eigenvalue weighted by atomic mass is 9.81. The first kappa shape index (κ1) is 21.5. The lowest BCUT2D eigenvalue weighted by Gasteiger charge is -2.35. The van der Waals surface area contributed by atoms with Gasteiger partial charge in [-0.3, -0.25) is 9.69 Å². The number of amides is 1. The summed E-state index contributed by atoms with van der Waals surface area (Å²) in [5, 5.41) is 11.0. The number of piperidine rings is 1. The minimum atomic E-state index is 0.222. The molecule has 2 atom stereocenters. The Kier molecular flexibility index (Phi) is 6.74. The van der Waals surface area contributed by atoms with Crippen LogP contribution in [-0.4, -0.2) is 61.3 Å². The van der Waals surface area contributed by atoms with E-state index in [0.717, 1.165) is 83.0 Å². The van der Waals surface area contributed by atoms with Crippen molar-refractivity contribution >= 4 is 11.6 Å². The zero-order valence-electron chi connectivity index (χ0n) is 18.8. The van der Waals surface area contributed by atoms with Crippen molar-refractivity contribution in [2.45, 2.75) is 44.7 Å². The van der Waals surface area contributed by atoms with Crippen LogP contribution in [0.25, 0.3) is 0 Å². The van der Waals surface area contributed by atoms with E-state index >= 15 is 0 Å². The monoisotopic (exact) mass is 437 g/mol. The van der Waals surface area contributed by atoms with Crippen LogP contribution < -0.4 is 15.5 Å². The van der Waals surface area contributed by atoms with E-state index in [-0.39, 0.29) is 5.91 Å². The fourth-order valence-electron chi connectivity index (χ4n) is 5.06. The molecule has 172 valence electrons. The zero-order chi connectivity index (χ0) is 21.8. The third-order valence-corrected chi connectivity index (χ3v) is 7.11. The second-order valence-electron chi connectivity index (χ2n) is 9.65. The summed E-state index contributed by atoms with van der Waals surface area (Å²) in [4.78, 5) is 17.2. The van der Waals surface area contributed by atoms with Gasteiger partial charge in [-0.05, 0) is 62.7 Å². The largest absolute Gasteiger partial charge is 0.369 e. The molecule has 7 heteroatoms. The number of benzene rings is 1. The fourth-order valence-corrected chi connectivity index (χ4v) is 5.06. The smallest absolute Gasteiger partial charge is 0.220 e. The predicted octanol–water partition coefficient (Wildman–Crippen LogP) is 2.43. The molecule has 2 aliphatic heterocycles. The van der Waals surface area contributed by atoms with Crippen LogP contribution in [-0.2, 0) is 17.8 Å². The third kappa shape index (κ3) is 5.70. The molecule has 5 rings (SSSR count). The number of hydrogen-bond donors (Lipinski definition) is 2. The molecule has 1 amide bonds. The number of nitrogens with zero attached hydrogens (tertiary/aromatic N) is 3. The minimum absolute atomic E-state index is 0.222. The highest BCUT2D eigenvalue weighted by molar-refractivity contribution is 5.76. The standard InChI is InChI=1S/C25H35N5O2/c31-25(27-21-6-7-21)15-19-8-9-26-17-20(19)14-22-16-24(32-28-22)18-29-10-12-30(13-11-29)23-4-2-1-3-5-23/h1-5,16,19-21,26H,6-15,17-18H2,(H,27,31)/t19-,20-/m0/s1. The SMILES string of the molecule is O=C(C[C@@H]1CCNC[C@@H]1Cc1cc(CN2CCN(c3ccccc3)CC2)on1)NC1CC1. The molecule has 0 spiro atoms. The first-order valence-electron chi connectivity index (χ1n) is 12.2. The Morgan fingerprint density at radius 2 is 1.91 bits per heavy atom. The number of piperazine rings is 1. The molecular formula is C25H35N5O2. The highest BCUT2D eigenvalue weighted by atomic mass is 16.5. The predicted molar refractivity (Wildman–Crippen MR) is 124 cm³/mol. The molecule has 2 aromatic rings. The normalized spacial score (nSPS) is 24.4. The summed E-state index contributed by atoms with van der Waals surface area (Å²) in [6.07, 6.45) is 4.85. The number of carbonyl (C=O) groups excluding carboxylic acids is 1. The van der Waals surface area contributed by atoms with Crippen molar-refractivity contribution in [1.82, 2.24) is 20.7 Å². The van der Waals surface area contributed by atoms with E-state index in [1.807, 2.05) is 0 Å². The molecule has 0 radical (unpaired) electrons. The Balaban J connectivity index is 1.10. The van der Waals surface area contributed by atoms with Gasteiger partial charge in [-0.25, -0.2) is 0 Å². The Labute approximate surface area is 190 Å². The van der Waals surface area contributed by atoms with Crippen LogP contribution in [0, 0.1) is 11.8 Å². The lowest BCUT2D eigenvalue weighted by Crippen LogP contribution is -2.45. The van der Waals surface area contributed by atoms with Crippen LogP contribution in [0.3, 0.4) is 0 Å². The summed E-state index contributed by atoms with van der Waals surface area (Å²) in [6.45, 7) is 6.87. The lowest BCUT2D eigenvalue weighted by molar-refractivity contribution is -0.122. The summed E-state index contributed by atoms with van der Waals surface area (Å²) in [5.74, 6) is 2.02. The molecule has 0 bridgehead atoms. The zero-order valence-corrected chi connectivity index (χ0v) is 18.8. The Bertz CT molecular complexity index is 873. The molecule has 3 fully saturated rings. The van der Waals surface area contributed by atoms with Crippen molar-refractivity contribution in [3.8, 4) is 0 Å². The summed E-state index contributed by atoms with van der Waals surface area (Å²) in [6, 6.07) is 13.2. The first-order valence-corrected chi connectivity index (χ1v) is 12.2. The summed E-state index contributed by atoms with van der Waals surface area (Å²) >= 11 is 0. The average Bonchev–Trinajstić information content (AvgIpc) is 3.53. The molecule has 0 unspecified atom stereocenters. The third-order valence-electron chi connectivity index (χ3n) is 7.11. The second kappa shape index (κ2) is 10.0. The second-order valence-corrected chi connectivity index (χ2v) is 9.65. The van der Waals surface area contributed by atoms with E-state index in [0.29, 0.717) is 24.3 Å². The van der Waals surface area contributed by atoms with E-state index in [9.17, 15) is 4.79 Å². The quantitative estimate of drug-likeness (QED) is 0.661. The van der Waals surface area contributed by atoms with Gasteiger partial charge in [0.1, 0.15) is 0 Å². The number of anilines is 1. The number of rotatable bonds is 8. The molecule has 3 heterocycles. The highest BCUT2D eigenvalue weighted by Crippen LogP contribution is 2.27. The molecule has 7 nitrogen and oxygen atoms in total. The van der Waals surface area contributed by atoms with E-state index in [2.05, 4.69) is 62.0 Å². The Morgan fingerprint density at radius 1 is 1.09 bits per heavy atom. The maximum Gasteiger partial charge on any atom is 0.220 e. The maximum absolute atomic E-state index is 12.3. The molecule has 1 aliphatic carbocycles. The van der Waals surface area contributed by atoms with Gasteiger partial charge in [0.25, 0.3) is 0 Å². The van der Waals surface area contributed by atoms with Gasteiger partial charge in [0, 0.05) is 50.4 Å². The van der Waals surface area contributed by atoms with Crippen LogP contribution in [0.5, 0.6) is 0 Å². The summed E-state index contributed by atoms with van der Waals surface area (Å²) < 4.78 is 5.69. The Morgan fingerprint density at radius 3 is 2.69 bits per heavy atom. The van der Waals surface area contributed by atoms with Crippen molar-refractivity contribution in [2.75, 3.05) is 44.2 Å². The number of para-hydroxylation sites is 1. The first-order chi connectivity index (χ1) is 15.7. The number of aromatic nitrogens is 1. The van der Waals surface area contributed by atoms with Crippen LogP contribution in [0.15, 0.2) is 40.9 Å². The molecule has 3 aliphatic rings. The van der Waals surface area contributed by atoms with Gasteiger partial charge >= 0.3 is 0 Å². The van der Waals surface area contributed by atoms with Crippen molar-refractivity contribution in [3.63, 3.8) is 0 Å². The van der Waals surface area contributed by atoms with Crippen LogP contribution in [0.1, 0.15) is 37.1 Å². The molecule has 2 saturated heterocycles. The van der Waals surface area contributed by atoms with Gasteiger partial charge in [0.15, 0.2) is 5.76 Å². The van der Waals surface area contributed by atoms with Crippen molar-refractivity contribution in [2.24, 2.45) is 11.8 Å². The van der Waals surface area contributed by atoms with Crippen molar-refractivity contribution in [3.05, 3.63) is 47.9 Å². The molecule has 1 saturated carbocycles. The molecule has 1 aromatic carbocycles. The van der Waals surface area contributed by atoms with Crippen LogP contribution >= 0.6 is 0 Å². The van der Waals surface area contributed by atoms with Gasteiger partial charge in [-0.1, -0.05) is 23.4 Å². The van der Waals surface area contributed by atoms with Gasteiger partial charge < -0.3 is 20.1 Å². The topological polar surface area (TPSA) is 73.6 Å². The van der Waals surface area contributed by atoms with Crippen LogP contribution in [0.2, 0.25) is 0 Å². The average molecular weight is 438 g/mol. The number of nitrogens with one attached hydrogen (secondary N) is 2. The Hall–Kier alpha value is -2.38. The van der Waals surface area contributed by atoms with Crippen molar-refractivity contribution in [1.29, 1.82) is 0 Å². The number of carbonyl (C=O) groups is 1.